The van der Waals surface area contributed by atoms with Gasteiger partial charge in [0.2, 0.25) is 0 Å². The Morgan fingerprint density at radius 3 is 1.13 bits per heavy atom. The van der Waals surface area contributed by atoms with Crippen LogP contribution in [0.2, 0.25) is 0 Å². The quantitative estimate of drug-likeness (QED) is 0.0456. The smallest absolute Gasteiger partial charge is 0.253 e. The van der Waals surface area contributed by atoms with Gasteiger partial charge in [0, 0.05) is 99.6 Å². The van der Waals surface area contributed by atoms with Crippen LogP contribution in [-0.4, -0.2) is 181 Å². The fraction of sp³-hybridized carbons (Fsp3) is 0.253. The van der Waals surface area contributed by atoms with Gasteiger partial charge < -0.3 is 45.1 Å². The van der Waals surface area contributed by atoms with Gasteiger partial charge in [0.1, 0.15) is 11.6 Å². The van der Waals surface area contributed by atoms with Crippen molar-refractivity contribution < 1.29 is 19.2 Å². The van der Waals surface area contributed by atoms with Crippen LogP contribution in [0.5, 0.6) is 0 Å². The molecule has 17 nitrogen and oxygen atoms in total. The summed E-state index contributed by atoms with van der Waals surface area (Å²) in [5.74, 6) is 1.24. The Morgan fingerprint density at radius 1 is 0.391 bits per heavy atom. The summed E-state index contributed by atoms with van der Waals surface area (Å²) in [6, 6.07) is 55.9. The molecule has 17 heteroatoms. The zero-order valence-electron chi connectivity index (χ0n) is 53.3. The van der Waals surface area contributed by atoms with E-state index in [0.29, 0.717) is 61.3 Å². The molecule has 92 heavy (non-hydrogen) atoms. The molecular weight excluding hydrogens is 1150 g/mol. The number of carbonyl (C=O) groups excluding carboxylic acids is 4. The Bertz CT molecular complexity index is 4150. The number of carbonyl (C=O) groups is 4. The summed E-state index contributed by atoms with van der Waals surface area (Å²) >= 11 is 0. The number of benzene rings is 8. The van der Waals surface area contributed by atoms with Crippen molar-refractivity contribution in [3.8, 4) is 45.0 Å². The van der Waals surface area contributed by atoms with E-state index in [0.717, 1.165) is 151 Å². The van der Waals surface area contributed by atoms with Crippen LogP contribution in [0.15, 0.2) is 180 Å². The second-order valence-electron chi connectivity index (χ2n) is 24.7. The molecule has 0 unspecified atom stereocenters. The molecule has 0 radical (unpaired) electrons. The highest BCUT2D eigenvalue weighted by Crippen LogP contribution is 2.37. The number of H-pyrrole nitrogens is 2. The molecule has 2 aliphatic rings. The third-order valence-electron chi connectivity index (χ3n) is 17.2. The molecule has 2 aliphatic heterocycles. The SMILES string of the molecule is CN(C)CCNC(=O)c1ccc(C2=Nc3ccc(-c4ccc5nc(-c6ccc(C(=O)N(C)CCCN(C)CCCN(C)C(=O)c7ccc(-c8nc9ccc(-c%10ccc%11c(c%10)CC(c%10ccc(C(=O)NCCN(C)C)cc%10)=N%11)cc9[nH]8)cc7)cc6)[nH]c5c4)cc3C2)cc1. The van der Waals surface area contributed by atoms with Crippen LogP contribution in [0.3, 0.4) is 0 Å². The number of amides is 4. The topological polar surface area (TPSA) is 191 Å². The van der Waals surface area contributed by atoms with Gasteiger partial charge in [-0.1, -0.05) is 72.8 Å². The first kappa shape index (κ1) is 62.0. The molecule has 0 spiro atoms. The first-order chi connectivity index (χ1) is 44.5. The normalized spacial score (nSPS) is 12.6. The number of rotatable bonds is 24. The molecule has 466 valence electrons. The Balaban J connectivity index is 0.564. The minimum atomic E-state index is -0.0775. The summed E-state index contributed by atoms with van der Waals surface area (Å²) in [7, 11) is 13.7. The lowest BCUT2D eigenvalue weighted by Gasteiger charge is -2.22. The van der Waals surface area contributed by atoms with Gasteiger partial charge in [-0.3, -0.25) is 29.2 Å². The summed E-state index contributed by atoms with van der Waals surface area (Å²) < 4.78 is 0. The molecule has 0 fully saturated rings. The number of nitrogens with zero attached hydrogens (tertiary/aromatic N) is 9. The summed E-state index contributed by atoms with van der Waals surface area (Å²) in [5, 5.41) is 5.95. The second kappa shape index (κ2) is 27.5. The van der Waals surface area contributed by atoms with E-state index in [-0.39, 0.29) is 23.6 Å². The van der Waals surface area contributed by atoms with Gasteiger partial charge in [-0.2, -0.15) is 0 Å². The highest BCUT2D eigenvalue weighted by atomic mass is 16.2. The van der Waals surface area contributed by atoms with E-state index in [1.54, 1.807) is 9.80 Å². The molecule has 8 aromatic carbocycles. The Kier molecular flexibility index (Phi) is 18.5. The molecule has 4 N–H and O–H groups in total. The van der Waals surface area contributed by atoms with Crippen LogP contribution in [0.25, 0.3) is 67.1 Å². The van der Waals surface area contributed by atoms with E-state index in [9.17, 15) is 19.2 Å². The summed E-state index contributed by atoms with van der Waals surface area (Å²) in [5.41, 5.74) is 20.4. The maximum atomic E-state index is 13.6. The highest BCUT2D eigenvalue weighted by Gasteiger charge is 2.22. The Hall–Kier alpha value is -10.2. The molecule has 0 atom stereocenters. The number of aromatic amines is 2. The first-order valence-corrected chi connectivity index (χ1v) is 31.4. The average Bonchev–Trinajstić information content (AvgIpc) is 1.94. The third-order valence-corrected chi connectivity index (χ3v) is 17.2. The van der Waals surface area contributed by atoms with Crippen LogP contribution >= 0.6 is 0 Å². The van der Waals surface area contributed by atoms with E-state index < -0.39 is 0 Å². The molecule has 4 heterocycles. The molecule has 10 aromatic rings. The molecule has 0 saturated heterocycles. The average molecular weight is 1220 g/mol. The monoisotopic (exact) mass is 1220 g/mol. The van der Waals surface area contributed by atoms with E-state index in [1.165, 1.54) is 0 Å². The van der Waals surface area contributed by atoms with Crippen molar-refractivity contribution in [1.82, 2.24) is 55.1 Å². The number of aliphatic imine (C=N–C) groups is 2. The maximum absolute atomic E-state index is 13.6. The minimum Gasteiger partial charge on any atom is -0.351 e. The minimum absolute atomic E-state index is 0.0352. The summed E-state index contributed by atoms with van der Waals surface area (Å²) in [6.45, 7) is 5.60. The van der Waals surface area contributed by atoms with Gasteiger partial charge in [0.05, 0.1) is 44.9 Å². The number of aromatic nitrogens is 4. The van der Waals surface area contributed by atoms with Gasteiger partial charge in [-0.05, 0) is 203 Å². The zero-order chi connectivity index (χ0) is 64.0. The van der Waals surface area contributed by atoms with Crippen molar-refractivity contribution in [3.05, 3.63) is 214 Å². The standard InChI is InChI=1S/C75H77N13O4/c1-84(2)40-34-76-72(89)52-18-10-48(11-19-52)66-46-60-42-56(26-30-62(60)78-66)58-28-32-64-68(44-58)82-70(80-64)50-14-22-54(23-15-50)74(91)87(6)38-8-36-86(5)37-9-39-88(7)75(92)55-24-16-51(17-25-55)71-81-65-33-29-59(45-69(65)83-71)57-27-31-63-61(43-57)47-67(79-63)49-12-20-53(21-13-49)73(90)77-35-41-85(3)4/h10-33,42-45H,8-9,34-41,46-47H2,1-7H3,(H,76,89)(H,77,90)(H,80,82)(H,81,83). The van der Waals surface area contributed by atoms with Crippen LogP contribution in [0.4, 0.5) is 11.4 Å². The van der Waals surface area contributed by atoms with Gasteiger partial charge in [-0.25, -0.2) is 9.97 Å². The van der Waals surface area contributed by atoms with Crippen LogP contribution in [0.1, 0.15) is 76.5 Å². The Labute approximate surface area is 536 Å². The van der Waals surface area contributed by atoms with Crippen molar-refractivity contribution >= 4 is 68.5 Å². The van der Waals surface area contributed by atoms with Crippen molar-refractivity contribution in [2.24, 2.45) is 9.98 Å². The van der Waals surface area contributed by atoms with Crippen molar-refractivity contribution in [2.45, 2.75) is 25.7 Å². The molecular formula is C75H77N13O4. The predicted molar refractivity (Wildman–Crippen MR) is 369 cm³/mol. The largest absolute Gasteiger partial charge is 0.351 e. The highest BCUT2D eigenvalue weighted by molar-refractivity contribution is 6.09. The predicted octanol–water partition coefficient (Wildman–Crippen LogP) is 11.6. The summed E-state index contributed by atoms with van der Waals surface area (Å²) in [4.78, 5) is 88.9. The van der Waals surface area contributed by atoms with Gasteiger partial charge >= 0.3 is 0 Å². The fourth-order valence-electron chi connectivity index (χ4n) is 11.8. The number of hydrogen-bond acceptors (Lipinski definition) is 11. The molecule has 0 bridgehead atoms. The Morgan fingerprint density at radius 2 is 0.739 bits per heavy atom. The fourth-order valence-corrected chi connectivity index (χ4v) is 11.8. The number of nitrogens with one attached hydrogen (secondary N) is 4. The molecule has 2 aromatic heterocycles. The van der Waals surface area contributed by atoms with Gasteiger partial charge in [0.15, 0.2) is 0 Å². The van der Waals surface area contributed by atoms with Crippen LogP contribution in [0, 0.1) is 0 Å². The number of hydrogen-bond donors (Lipinski definition) is 4. The first-order valence-electron chi connectivity index (χ1n) is 31.4. The van der Waals surface area contributed by atoms with Crippen LogP contribution < -0.4 is 10.6 Å². The van der Waals surface area contributed by atoms with E-state index in [2.05, 4.69) is 93.2 Å². The van der Waals surface area contributed by atoms with Crippen LogP contribution in [-0.2, 0) is 12.8 Å². The molecule has 0 saturated carbocycles. The van der Waals surface area contributed by atoms with Crippen molar-refractivity contribution in [2.75, 3.05) is 102 Å². The lowest BCUT2D eigenvalue weighted by molar-refractivity contribution is 0.0788. The number of fused-ring (bicyclic) bond motifs is 4. The molecule has 0 aliphatic carbocycles. The maximum Gasteiger partial charge on any atom is 0.253 e. The number of likely N-dealkylation sites (N-methyl/N-ethyl adjacent to an activating group) is 2. The van der Waals surface area contributed by atoms with Crippen molar-refractivity contribution in [3.63, 3.8) is 0 Å². The zero-order valence-corrected chi connectivity index (χ0v) is 53.3. The third kappa shape index (κ3) is 14.4. The van der Waals surface area contributed by atoms with E-state index in [1.807, 2.05) is 161 Å². The lowest BCUT2D eigenvalue weighted by atomic mass is 9.98. The number of imidazole rings is 2. The summed E-state index contributed by atoms with van der Waals surface area (Å²) in [6.07, 6.45) is 3.04. The van der Waals surface area contributed by atoms with E-state index >= 15 is 0 Å². The van der Waals surface area contributed by atoms with Crippen molar-refractivity contribution in [1.29, 1.82) is 0 Å². The second-order valence-corrected chi connectivity index (χ2v) is 24.7. The van der Waals surface area contributed by atoms with Gasteiger partial charge in [0.25, 0.3) is 23.6 Å². The van der Waals surface area contributed by atoms with E-state index in [4.69, 9.17) is 20.0 Å². The molecule has 12 rings (SSSR count). The van der Waals surface area contributed by atoms with Gasteiger partial charge in [-0.15, -0.1) is 0 Å². The lowest BCUT2D eigenvalue weighted by Crippen LogP contribution is -2.32. The molecule has 4 amide bonds.